The molecule has 0 spiro atoms. The minimum absolute atomic E-state index is 0.176. The topological polar surface area (TPSA) is 142 Å². The summed E-state index contributed by atoms with van der Waals surface area (Å²) in [5, 5.41) is 11.0. The van der Waals surface area contributed by atoms with E-state index < -0.39 is 27.9 Å². The highest BCUT2D eigenvalue weighted by Crippen LogP contribution is 2.41. The quantitative estimate of drug-likeness (QED) is 0.196. The average molecular weight is 606 g/mol. The van der Waals surface area contributed by atoms with Crippen LogP contribution in [0.1, 0.15) is 38.7 Å². The van der Waals surface area contributed by atoms with Crippen LogP contribution in [-0.2, 0) is 10.0 Å². The van der Waals surface area contributed by atoms with Crippen LogP contribution in [0.4, 0.5) is 15.9 Å². The summed E-state index contributed by atoms with van der Waals surface area (Å²) in [6.07, 6.45) is 1.10. The number of thiophene rings is 1. The fraction of sp³-hybridized carbons (Fsp3) is 0.138. The van der Waals surface area contributed by atoms with Gasteiger partial charge in [-0.2, -0.15) is 0 Å². The van der Waals surface area contributed by atoms with Gasteiger partial charge in [-0.25, -0.2) is 17.8 Å². The van der Waals surface area contributed by atoms with Crippen molar-refractivity contribution >= 4 is 55.6 Å². The minimum Gasteiger partial charge on any atom is -0.455 e. The summed E-state index contributed by atoms with van der Waals surface area (Å²) in [6, 6.07) is 14.0. The van der Waals surface area contributed by atoms with E-state index in [1.807, 2.05) is 17.5 Å². The van der Waals surface area contributed by atoms with Crippen LogP contribution in [0.3, 0.4) is 0 Å². The number of amides is 2. The summed E-state index contributed by atoms with van der Waals surface area (Å²) in [4.78, 5) is 31.6. The Labute approximate surface area is 244 Å². The lowest BCUT2D eigenvalue weighted by atomic mass is 9.98. The first-order valence-electron chi connectivity index (χ1n) is 12.9. The number of nitrogens with one attached hydrogen (secondary N) is 4. The number of hydrogen-bond acceptors (Lipinski definition) is 8. The summed E-state index contributed by atoms with van der Waals surface area (Å²) in [5.41, 5.74) is 2.14. The smallest absolute Gasteiger partial charge is 0.256 e. The van der Waals surface area contributed by atoms with Crippen LogP contribution in [-0.4, -0.2) is 38.0 Å². The molecule has 1 aliphatic rings. The number of pyridine rings is 1. The van der Waals surface area contributed by atoms with Gasteiger partial charge in [0.1, 0.15) is 29.1 Å². The van der Waals surface area contributed by atoms with Crippen molar-refractivity contribution in [3.05, 3.63) is 88.0 Å². The Morgan fingerprint density at radius 2 is 1.88 bits per heavy atom. The van der Waals surface area contributed by atoms with Crippen molar-refractivity contribution in [1.29, 1.82) is 0 Å². The van der Waals surface area contributed by atoms with E-state index in [1.54, 1.807) is 12.1 Å². The van der Waals surface area contributed by atoms with Crippen LogP contribution in [0.5, 0.6) is 0 Å². The van der Waals surface area contributed by atoms with Crippen molar-refractivity contribution in [2.24, 2.45) is 0 Å². The standard InChI is InChI=1S/C29H24FN5O5S2/c1-3-42(38,39)35-21-13-22-19(24(29(37)31-2)25(40-22)15-6-8-17(30)9-7-15)12-18(21)16-11-20-26(32-14-16)33-27(34-28(20)36)23-5-4-10-41-23/h4-14,27,35H,3H2,1-2H3,(H,31,37)(H,32,33)(H,34,36). The van der Waals surface area contributed by atoms with Crippen LogP contribution >= 0.6 is 11.3 Å². The lowest BCUT2D eigenvalue weighted by Crippen LogP contribution is -2.38. The molecule has 0 aliphatic carbocycles. The fourth-order valence-electron chi connectivity index (χ4n) is 4.74. The molecule has 0 saturated carbocycles. The summed E-state index contributed by atoms with van der Waals surface area (Å²) in [5.74, 6) is -0.863. The lowest BCUT2D eigenvalue weighted by molar-refractivity contribution is 0.0933. The van der Waals surface area contributed by atoms with Crippen LogP contribution < -0.4 is 20.7 Å². The molecular formula is C29H24FN5O5S2. The van der Waals surface area contributed by atoms with Crippen LogP contribution in [0.25, 0.3) is 33.4 Å². The molecule has 6 rings (SSSR count). The molecule has 0 saturated heterocycles. The second-order valence-electron chi connectivity index (χ2n) is 9.48. The predicted octanol–water partition coefficient (Wildman–Crippen LogP) is 5.34. The number of rotatable bonds is 7. The number of furan rings is 1. The van der Waals surface area contributed by atoms with E-state index in [-0.39, 0.29) is 39.8 Å². The van der Waals surface area contributed by atoms with Gasteiger partial charge in [0, 0.05) is 46.3 Å². The highest BCUT2D eigenvalue weighted by Gasteiger charge is 2.28. The maximum Gasteiger partial charge on any atom is 0.256 e. The molecule has 1 aliphatic heterocycles. The van der Waals surface area contributed by atoms with Gasteiger partial charge in [0.15, 0.2) is 0 Å². The molecule has 13 heteroatoms. The molecule has 1 atom stereocenters. The molecule has 5 aromatic rings. The molecule has 2 amide bonds. The van der Waals surface area contributed by atoms with Gasteiger partial charge in [-0.15, -0.1) is 11.3 Å². The number of carbonyl (C=O) groups excluding carboxylic acids is 2. The maximum atomic E-state index is 13.6. The molecular weight excluding hydrogens is 581 g/mol. The number of sulfonamides is 1. The van der Waals surface area contributed by atoms with Crippen molar-refractivity contribution in [2.45, 2.75) is 13.1 Å². The Morgan fingerprint density at radius 3 is 2.57 bits per heavy atom. The van der Waals surface area contributed by atoms with Crippen molar-refractivity contribution < 1.29 is 26.8 Å². The third kappa shape index (κ3) is 4.97. The average Bonchev–Trinajstić information content (AvgIpc) is 3.65. The Morgan fingerprint density at radius 1 is 1.10 bits per heavy atom. The number of hydrogen-bond donors (Lipinski definition) is 4. The molecule has 10 nitrogen and oxygen atoms in total. The third-order valence-corrected chi connectivity index (χ3v) is 9.09. The molecule has 4 heterocycles. The van der Waals surface area contributed by atoms with E-state index >= 15 is 0 Å². The zero-order valence-electron chi connectivity index (χ0n) is 22.3. The molecule has 0 bridgehead atoms. The van der Waals surface area contributed by atoms with E-state index in [4.69, 9.17) is 4.42 Å². The molecule has 42 heavy (non-hydrogen) atoms. The first kappa shape index (κ1) is 27.4. The van der Waals surface area contributed by atoms with E-state index in [0.717, 1.165) is 4.88 Å². The highest BCUT2D eigenvalue weighted by molar-refractivity contribution is 7.92. The van der Waals surface area contributed by atoms with Crippen molar-refractivity contribution in [2.75, 3.05) is 22.8 Å². The number of nitrogens with zero attached hydrogens (tertiary/aromatic N) is 1. The van der Waals surface area contributed by atoms with Gasteiger partial charge in [-0.05, 0) is 54.8 Å². The molecule has 0 fully saturated rings. The van der Waals surface area contributed by atoms with E-state index in [2.05, 4.69) is 25.7 Å². The van der Waals surface area contributed by atoms with Crippen molar-refractivity contribution in [3.63, 3.8) is 0 Å². The molecule has 2 aromatic carbocycles. The zero-order valence-corrected chi connectivity index (χ0v) is 24.0. The SMILES string of the molecule is CCS(=O)(=O)Nc1cc2oc(-c3ccc(F)cc3)c(C(=O)NC)c2cc1-c1cnc2c(c1)C(=O)NC(c1cccs1)N2. The Balaban J connectivity index is 1.53. The first-order chi connectivity index (χ1) is 20.2. The zero-order chi connectivity index (χ0) is 29.6. The second kappa shape index (κ2) is 10.6. The largest absolute Gasteiger partial charge is 0.455 e. The van der Waals surface area contributed by atoms with Gasteiger partial charge >= 0.3 is 0 Å². The number of halogens is 1. The summed E-state index contributed by atoms with van der Waals surface area (Å²) in [7, 11) is -2.26. The number of aromatic nitrogens is 1. The molecule has 1 unspecified atom stereocenters. The molecule has 214 valence electrons. The predicted molar refractivity (Wildman–Crippen MR) is 159 cm³/mol. The van der Waals surface area contributed by atoms with Gasteiger partial charge in [-0.3, -0.25) is 14.3 Å². The van der Waals surface area contributed by atoms with Gasteiger partial charge in [-0.1, -0.05) is 6.07 Å². The van der Waals surface area contributed by atoms with Crippen LogP contribution in [0.15, 0.2) is 70.6 Å². The Hall–Kier alpha value is -4.75. The van der Waals surface area contributed by atoms with Gasteiger partial charge in [0.25, 0.3) is 11.8 Å². The summed E-state index contributed by atoms with van der Waals surface area (Å²) in [6.45, 7) is 1.50. The summed E-state index contributed by atoms with van der Waals surface area (Å²) < 4.78 is 47.6. The Bertz CT molecular complexity index is 1950. The summed E-state index contributed by atoms with van der Waals surface area (Å²) >= 11 is 1.49. The van der Waals surface area contributed by atoms with Gasteiger partial charge in [0.2, 0.25) is 10.0 Å². The first-order valence-corrected chi connectivity index (χ1v) is 15.4. The molecule has 0 radical (unpaired) electrons. The number of anilines is 2. The fourth-order valence-corrected chi connectivity index (χ4v) is 6.11. The molecule has 3 aromatic heterocycles. The van der Waals surface area contributed by atoms with Crippen molar-refractivity contribution in [3.8, 4) is 22.5 Å². The monoisotopic (exact) mass is 605 g/mol. The maximum absolute atomic E-state index is 13.6. The van der Waals surface area contributed by atoms with Crippen molar-refractivity contribution in [1.82, 2.24) is 15.6 Å². The minimum atomic E-state index is -3.74. The highest BCUT2D eigenvalue weighted by atomic mass is 32.2. The number of carbonyl (C=O) groups is 2. The number of fused-ring (bicyclic) bond motifs is 2. The Kier molecular flexibility index (Phi) is 6.91. The van der Waals surface area contributed by atoms with E-state index in [9.17, 15) is 22.4 Å². The van der Waals surface area contributed by atoms with E-state index in [0.29, 0.717) is 27.9 Å². The van der Waals surface area contributed by atoms with Crippen LogP contribution in [0, 0.1) is 5.82 Å². The van der Waals surface area contributed by atoms with Gasteiger partial charge in [0.05, 0.1) is 22.6 Å². The number of benzene rings is 2. The van der Waals surface area contributed by atoms with Gasteiger partial charge < -0.3 is 20.4 Å². The third-order valence-electron chi connectivity index (χ3n) is 6.86. The van der Waals surface area contributed by atoms with Crippen LogP contribution in [0.2, 0.25) is 0 Å². The van der Waals surface area contributed by atoms with E-state index in [1.165, 1.54) is 61.8 Å². The lowest BCUT2D eigenvalue weighted by Gasteiger charge is -2.26. The molecule has 4 N–H and O–H groups in total. The second-order valence-corrected chi connectivity index (χ2v) is 12.5. The normalized spacial score (nSPS) is 14.6.